The first-order valence-corrected chi connectivity index (χ1v) is 7.23. The van der Waals surface area contributed by atoms with Gasteiger partial charge in [-0.3, -0.25) is 9.69 Å². The van der Waals surface area contributed by atoms with Crippen molar-refractivity contribution in [3.63, 3.8) is 0 Å². The Hall–Kier alpha value is -1.68. The van der Waals surface area contributed by atoms with Crippen molar-refractivity contribution < 1.29 is 9.18 Å². The average Bonchev–Trinajstić information content (AvgIpc) is 2.44. The molecule has 0 saturated heterocycles. The van der Waals surface area contributed by atoms with Gasteiger partial charge in [0.05, 0.1) is 6.54 Å². The summed E-state index contributed by atoms with van der Waals surface area (Å²) < 4.78 is 13.0. The van der Waals surface area contributed by atoms with Crippen LogP contribution in [0.15, 0.2) is 36.4 Å². The third-order valence-corrected chi connectivity index (χ3v) is 3.59. The third-order valence-electron chi connectivity index (χ3n) is 3.59. The molecule has 0 saturated carbocycles. The number of amides is 1. The summed E-state index contributed by atoms with van der Waals surface area (Å²) in [7, 11) is 1.90. The van der Waals surface area contributed by atoms with Crippen molar-refractivity contribution in [2.45, 2.75) is 26.8 Å². The predicted molar refractivity (Wildman–Crippen MR) is 84.5 cm³/mol. The number of carbonyl (C=O) groups is 1. The molecule has 0 aromatic heterocycles. The van der Waals surface area contributed by atoms with Crippen LogP contribution in [0.2, 0.25) is 0 Å². The molecule has 0 aliphatic heterocycles. The molecule has 0 heterocycles. The molecule has 3 nitrogen and oxygen atoms in total. The zero-order valence-electron chi connectivity index (χ0n) is 13.4. The summed E-state index contributed by atoms with van der Waals surface area (Å²) in [5, 5.41) is 0. The first-order valence-electron chi connectivity index (χ1n) is 7.23. The molecule has 0 bridgehead atoms. The van der Waals surface area contributed by atoms with Gasteiger partial charge >= 0.3 is 0 Å². The highest BCUT2D eigenvalue weighted by Gasteiger charge is 2.18. The Morgan fingerprint density at radius 3 is 2.33 bits per heavy atom. The second-order valence-electron chi connectivity index (χ2n) is 5.51. The van der Waals surface area contributed by atoms with Crippen LogP contribution in [0.5, 0.6) is 0 Å². The standard InChI is InChI=1S/C17H25FN2O/c1-6-20(11-13(2)3)17(21)12-19(5)14(4)15-7-9-16(18)10-8-15/h7-10,14H,2,6,11-12H2,1,3-5H3. The minimum absolute atomic E-state index is 0.0538. The van der Waals surface area contributed by atoms with Gasteiger partial charge in [-0.05, 0) is 45.5 Å². The van der Waals surface area contributed by atoms with E-state index in [0.717, 1.165) is 11.1 Å². The summed E-state index contributed by atoms with van der Waals surface area (Å²) in [5.74, 6) is -0.166. The molecule has 0 aliphatic carbocycles. The molecule has 0 radical (unpaired) electrons. The lowest BCUT2D eigenvalue weighted by Crippen LogP contribution is -2.40. The summed E-state index contributed by atoms with van der Waals surface area (Å²) >= 11 is 0. The Labute approximate surface area is 127 Å². The molecule has 1 rings (SSSR count). The summed E-state index contributed by atoms with van der Waals surface area (Å²) in [4.78, 5) is 16.1. The first-order chi connectivity index (χ1) is 9.85. The SMILES string of the molecule is C=C(C)CN(CC)C(=O)CN(C)C(C)c1ccc(F)cc1. The molecule has 1 aromatic rings. The Bertz CT molecular complexity index is 484. The lowest BCUT2D eigenvalue weighted by atomic mass is 10.1. The zero-order chi connectivity index (χ0) is 16.0. The smallest absolute Gasteiger partial charge is 0.237 e. The van der Waals surface area contributed by atoms with Crippen LogP contribution in [0.3, 0.4) is 0 Å². The Morgan fingerprint density at radius 2 is 1.86 bits per heavy atom. The van der Waals surface area contributed by atoms with Gasteiger partial charge in [-0.15, -0.1) is 0 Å². The molecule has 21 heavy (non-hydrogen) atoms. The van der Waals surface area contributed by atoms with Crippen LogP contribution in [0.4, 0.5) is 4.39 Å². The minimum atomic E-state index is -0.247. The van der Waals surface area contributed by atoms with Gasteiger partial charge in [0.2, 0.25) is 5.91 Å². The summed E-state index contributed by atoms with van der Waals surface area (Å²) in [6.07, 6.45) is 0. The van der Waals surface area contributed by atoms with Crippen molar-refractivity contribution in [3.8, 4) is 0 Å². The molecule has 1 amide bonds. The molecule has 1 unspecified atom stereocenters. The van der Waals surface area contributed by atoms with Gasteiger partial charge in [0.1, 0.15) is 5.82 Å². The first kappa shape index (κ1) is 17.4. The average molecular weight is 292 g/mol. The number of nitrogens with zero attached hydrogens (tertiary/aromatic N) is 2. The molecule has 0 fully saturated rings. The van der Waals surface area contributed by atoms with Crippen LogP contribution >= 0.6 is 0 Å². The Balaban J connectivity index is 2.66. The molecule has 0 aliphatic rings. The van der Waals surface area contributed by atoms with Crippen LogP contribution in [0.25, 0.3) is 0 Å². The van der Waals surface area contributed by atoms with E-state index in [-0.39, 0.29) is 17.8 Å². The van der Waals surface area contributed by atoms with Crippen molar-refractivity contribution in [2.75, 3.05) is 26.7 Å². The second kappa shape index (κ2) is 7.93. The summed E-state index contributed by atoms with van der Waals surface area (Å²) in [6, 6.07) is 6.46. The number of benzene rings is 1. The summed E-state index contributed by atoms with van der Waals surface area (Å²) in [5.41, 5.74) is 1.97. The van der Waals surface area contributed by atoms with Crippen molar-refractivity contribution in [1.29, 1.82) is 0 Å². The van der Waals surface area contributed by atoms with E-state index in [1.807, 2.05) is 32.7 Å². The van der Waals surface area contributed by atoms with E-state index < -0.39 is 0 Å². The molecule has 1 aromatic carbocycles. The number of halogens is 1. The number of hydrogen-bond acceptors (Lipinski definition) is 2. The Kier molecular flexibility index (Phi) is 6.56. The number of likely N-dealkylation sites (N-methyl/N-ethyl adjacent to an activating group) is 2. The Morgan fingerprint density at radius 1 is 1.29 bits per heavy atom. The molecular weight excluding hydrogens is 267 g/mol. The number of hydrogen-bond donors (Lipinski definition) is 0. The second-order valence-corrected chi connectivity index (χ2v) is 5.51. The van der Waals surface area contributed by atoms with Gasteiger partial charge in [0.25, 0.3) is 0 Å². The van der Waals surface area contributed by atoms with E-state index in [1.165, 1.54) is 12.1 Å². The molecule has 0 N–H and O–H groups in total. The highest BCUT2D eigenvalue weighted by atomic mass is 19.1. The quantitative estimate of drug-likeness (QED) is 0.720. The number of rotatable bonds is 7. The maximum absolute atomic E-state index is 13.0. The monoisotopic (exact) mass is 292 g/mol. The van der Waals surface area contributed by atoms with E-state index in [2.05, 4.69) is 6.58 Å². The molecule has 4 heteroatoms. The molecular formula is C17H25FN2O. The highest BCUT2D eigenvalue weighted by Crippen LogP contribution is 2.18. The molecule has 0 spiro atoms. The van der Waals surface area contributed by atoms with E-state index in [4.69, 9.17) is 0 Å². The zero-order valence-corrected chi connectivity index (χ0v) is 13.4. The fraction of sp³-hybridized carbons (Fsp3) is 0.471. The van der Waals surface area contributed by atoms with E-state index in [9.17, 15) is 9.18 Å². The fourth-order valence-corrected chi connectivity index (χ4v) is 2.15. The van der Waals surface area contributed by atoms with Gasteiger partial charge in [-0.2, -0.15) is 0 Å². The van der Waals surface area contributed by atoms with Gasteiger partial charge in [-0.25, -0.2) is 4.39 Å². The number of carbonyl (C=O) groups excluding carboxylic acids is 1. The highest BCUT2D eigenvalue weighted by molar-refractivity contribution is 5.78. The lowest BCUT2D eigenvalue weighted by Gasteiger charge is -2.28. The van der Waals surface area contributed by atoms with Crippen molar-refractivity contribution >= 4 is 5.91 Å². The molecule has 1 atom stereocenters. The van der Waals surface area contributed by atoms with Crippen molar-refractivity contribution in [3.05, 3.63) is 47.8 Å². The third kappa shape index (κ3) is 5.31. The van der Waals surface area contributed by atoms with Crippen molar-refractivity contribution in [2.24, 2.45) is 0 Å². The lowest BCUT2D eigenvalue weighted by molar-refractivity contribution is -0.132. The van der Waals surface area contributed by atoms with E-state index in [1.54, 1.807) is 17.0 Å². The van der Waals surface area contributed by atoms with Crippen LogP contribution in [-0.4, -0.2) is 42.4 Å². The fourth-order valence-electron chi connectivity index (χ4n) is 2.15. The van der Waals surface area contributed by atoms with Gasteiger partial charge in [0.15, 0.2) is 0 Å². The maximum Gasteiger partial charge on any atom is 0.237 e. The topological polar surface area (TPSA) is 23.6 Å². The van der Waals surface area contributed by atoms with Gasteiger partial charge < -0.3 is 4.90 Å². The van der Waals surface area contributed by atoms with Crippen LogP contribution in [-0.2, 0) is 4.79 Å². The van der Waals surface area contributed by atoms with Crippen LogP contribution in [0, 0.1) is 5.82 Å². The van der Waals surface area contributed by atoms with Crippen molar-refractivity contribution in [1.82, 2.24) is 9.80 Å². The van der Waals surface area contributed by atoms with E-state index in [0.29, 0.717) is 19.6 Å². The van der Waals surface area contributed by atoms with Crippen LogP contribution in [0.1, 0.15) is 32.4 Å². The van der Waals surface area contributed by atoms with Gasteiger partial charge in [-0.1, -0.05) is 24.3 Å². The largest absolute Gasteiger partial charge is 0.338 e. The molecule has 116 valence electrons. The summed E-state index contributed by atoms with van der Waals surface area (Å²) in [6.45, 7) is 11.3. The minimum Gasteiger partial charge on any atom is -0.338 e. The van der Waals surface area contributed by atoms with Crippen LogP contribution < -0.4 is 0 Å². The predicted octanol–water partition coefficient (Wildman–Crippen LogP) is 3.24. The van der Waals surface area contributed by atoms with Gasteiger partial charge in [0, 0.05) is 19.1 Å². The van der Waals surface area contributed by atoms with E-state index >= 15 is 0 Å². The maximum atomic E-state index is 13.0. The normalized spacial score (nSPS) is 12.3.